The monoisotopic (exact) mass is 295 g/mol. The number of aryl methyl sites for hydroxylation is 1. The zero-order chi connectivity index (χ0) is 16.8. The van der Waals surface area contributed by atoms with E-state index in [1.807, 2.05) is 45.1 Å². The second kappa shape index (κ2) is 26.5. The largest absolute Gasteiger partial charge is 0.471 e. The Hall–Kier alpha value is -2.10. The van der Waals surface area contributed by atoms with Gasteiger partial charge in [-0.2, -0.15) is 0 Å². The van der Waals surface area contributed by atoms with Gasteiger partial charge in [-0.3, -0.25) is 4.79 Å². The summed E-state index contributed by atoms with van der Waals surface area (Å²) in [5, 5.41) is 0. The predicted molar refractivity (Wildman–Crippen MR) is 89.1 cm³/mol. The molecule has 4 heteroatoms. The van der Waals surface area contributed by atoms with Gasteiger partial charge in [0.05, 0.1) is 13.3 Å². The second-order valence-corrected chi connectivity index (χ2v) is 3.48. The molecular weight excluding hydrogens is 266 g/mol. The summed E-state index contributed by atoms with van der Waals surface area (Å²) in [5.41, 5.74) is 0. The summed E-state index contributed by atoms with van der Waals surface area (Å²) in [4.78, 5) is 12.7. The van der Waals surface area contributed by atoms with Crippen LogP contribution in [-0.4, -0.2) is 18.6 Å². The number of hydrogen-bond acceptors (Lipinski definition) is 4. The molecule has 0 saturated heterocycles. The average Bonchev–Trinajstić information content (AvgIpc) is 3.03. The summed E-state index contributed by atoms with van der Waals surface area (Å²) in [6.07, 6.45) is 14.9. The Balaban J connectivity index is -0.000000219. The van der Waals surface area contributed by atoms with Crippen LogP contribution < -0.4 is 0 Å². The number of nitrogens with zero attached hydrogens (tertiary/aromatic N) is 1. The summed E-state index contributed by atoms with van der Waals surface area (Å²) in [6, 6.07) is 0. The highest BCUT2D eigenvalue weighted by molar-refractivity contribution is 5.36. The molecule has 0 aromatic carbocycles. The molecule has 0 unspecified atom stereocenters. The molecule has 0 fully saturated rings. The minimum absolute atomic E-state index is 0.375. The fourth-order valence-electron chi connectivity index (χ4n) is 0.748. The van der Waals surface area contributed by atoms with E-state index in [1.165, 1.54) is 13.5 Å². The van der Waals surface area contributed by atoms with Crippen molar-refractivity contribution in [2.45, 2.75) is 40.5 Å². The number of methoxy groups -OCH3 is 1. The third-order valence-corrected chi connectivity index (χ3v) is 1.74. The molecule has 120 valence electrons. The van der Waals surface area contributed by atoms with Crippen LogP contribution in [0.15, 0.2) is 54.0 Å². The third kappa shape index (κ3) is 32.0. The van der Waals surface area contributed by atoms with E-state index in [9.17, 15) is 0 Å². The van der Waals surface area contributed by atoms with Crippen LogP contribution in [0.2, 0.25) is 0 Å². The molecule has 21 heavy (non-hydrogen) atoms. The average molecular weight is 295 g/mol. The van der Waals surface area contributed by atoms with E-state index < -0.39 is 0 Å². The van der Waals surface area contributed by atoms with E-state index in [4.69, 9.17) is 9.21 Å². The van der Waals surface area contributed by atoms with Crippen LogP contribution in [-0.2, 0) is 16.0 Å². The molecule has 0 saturated carbocycles. The molecule has 1 aromatic rings. The molecule has 0 radical (unpaired) electrons. The zero-order valence-electron chi connectivity index (χ0n) is 13.9. The maximum Gasteiger partial charge on any atom is 0.292 e. The highest BCUT2D eigenvalue weighted by atomic mass is 16.5. The van der Waals surface area contributed by atoms with Gasteiger partial charge in [0.1, 0.15) is 5.76 Å². The first-order valence-electron chi connectivity index (χ1n) is 6.83. The summed E-state index contributed by atoms with van der Waals surface area (Å²) in [7, 11) is 1.31. The van der Waals surface area contributed by atoms with Gasteiger partial charge in [0.25, 0.3) is 6.47 Å². The minimum atomic E-state index is 0.375. The first kappa shape index (κ1) is 24.0. The first-order valence-corrected chi connectivity index (χ1v) is 6.83. The SMILES string of the molecule is C/C=C/C.C=C/C=C\C.CCCc1cnco1.COC=O. The summed E-state index contributed by atoms with van der Waals surface area (Å²) in [5.74, 6) is 0.979. The second-order valence-electron chi connectivity index (χ2n) is 3.48. The van der Waals surface area contributed by atoms with Crippen LogP contribution in [0.5, 0.6) is 0 Å². The first-order chi connectivity index (χ1) is 10.2. The molecule has 0 atom stereocenters. The summed E-state index contributed by atoms with van der Waals surface area (Å²) in [6.45, 7) is 11.9. The molecule has 0 N–H and O–H groups in total. The Morgan fingerprint density at radius 3 is 2.05 bits per heavy atom. The number of rotatable bonds is 4. The zero-order valence-corrected chi connectivity index (χ0v) is 13.9. The van der Waals surface area contributed by atoms with Crippen molar-refractivity contribution in [3.05, 3.63) is 55.3 Å². The van der Waals surface area contributed by atoms with Crippen molar-refractivity contribution in [2.75, 3.05) is 7.11 Å². The summed E-state index contributed by atoms with van der Waals surface area (Å²) < 4.78 is 8.82. The van der Waals surface area contributed by atoms with Crippen LogP contribution in [0.4, 0.5) is 0 Å². The molecule has 0 aliphatic carbocycles. The molecule has 1 rings (SSSR count). The third-order valence-electron chi connectivity index (χ3n) is 1.74. The highest BCUT2D eigenvalue weighted by Gasteiger charge is 1.90. The lowest BCUT2D eigenvalue weighted by Crippen LogP contribution is -1.74. The lowest BCUT2D eigenvalue weighted by atomic mass is 10.3. The fourth-order valence-corrected chi connectivity index (χ4v) is 0.748. The molecule has 0 spiro atoms. The van der Waals surface area contributed by atoms with Crippen LogP contribution >= 0.6 is 0 Å². The van der Waals surface area contributed by atoms with E-state index in [-0.39, 0.29) is 0 Å². The van der Waals surface area contributed by atoms with Crippen LogP contribution in [0.1, 0.15) is 39.9 Å². The van der Waals surface area contributed by atoms with Gasteiger partial charge in [0.2, 0.25) is 0 Å². The number of aromatic nitrogens is 1. The van der Waals surface area contributed by atoms with Gasteiger partial charge in [-0.1, -0.05) is 43.9 Å². The van der Waals surface area contributed by atoms with E-state index in [0.29, 0.717) is 6.47 Å². The quantitative estimate of drug-likeness (QED) is 0.457. The number of allylic oxidation sites excluding steroid dienone is 5. The lowest BCUT2D eigenvalue weighted by molar-refractivity contribution is -0.126. The predicted octanol–water partition coefficient (Wildman–Crippen LogP) is 4.75. The standard InChI is InChI=1S/C6H9NO.C5H8.C4H8.C2H4O2/c1-2-3-6-4-7-5-8-6;1-3-5-4-2;1-3-4-2;1-4-2-3/h4-5H,2-3H2,1H3;3-5H,1H2,2H3;3-4H,1-2H3;2H,1H3/b;5-4-;4-3+;. The molecule has 0 aliphatic heterocycles. The number of ether oxygens (including phenoxy) is 1. The van der Waals surface area contributed by atoms with Gasteiger partial charge >= 0.3 is 0 Å². The van der Waals surface area contributed by atoms with Gasteiger partial charge in [-0.05, 0) is 27.2 Å². The Morgan fingerprint density at radius 2 is 1.86 bits per heavy atom. The van der Waals surface area contributed by atoms with Crippen LogP contribution in [0.3, 0.4) is 0 Å². The molecule has 0 aliphatic rings. The minimum Gasteiger partial charge on any atom is -0.471 e. The van der Waals surface area contributed by atoms with Gasteiger partial charge in [0, 0.05) is 6.42 Å². The van der Waals surface area contributed by atoms with Crippen molar-refractivity contribution in [1.82, 2.24) is 4.98 Å². The molecule has 1 aromatic heterocycles. The Morgan fingerprint density at radius 1 is 1.29 bits per heavy atom. The Labute approximate surface area is 129 Å². The van der Waals surface area contributed by atoms with Crippen molar-refractivity contribution in [3.63, 3.8) is 0 Å². The van der Waals surface area contributed by atoms with Gasteiger partial charge in [-0.15, -0.1) is 0 Å². The number of hydrogen-bond donors (Lipinski definition) is 0. The number of oxazole rings is 1. The van der Waals surface area contributed by atoms with Crippen molar-refractivity contribution < 1.29 is 13.9 Å². The van der Waals surface area contributed by atoms with Crippen molar-refractivity contribution >= 4 is 6.47 Å². The normalized spacial score (nSPS) is 8.62. The van der Waals surface area contributed by atoms with E-state index >= 15 is 0 Å². The topological polar surface area (TPSA) is 52.3 Å². The van der Waals surface area contributed by atoms with Gasteiger partial charge in [0.15, 0.2) is 6.39 Å². The molecule has 0 amide bonds. The Kier molecular flexibility index (Phi) is 30.2. The number of carbonyl (C=O) groups is 1. The van der Waals surface area contributed by atoms with Gasteiger partial charge < -0.3 is 9.15 Å². The van der Waals surface area contributed by atoms with E-state index in [1.54, 1.807) is 12.3 Å². The highest BCUT2D eigenvalue weighted by Crippen LogP contribution is 1.98. The molecule has 0 bridgehead atoms. The van der Waals surface area contributed by atoms with E-state index in [2.05, 4.69) is 23.2 Å². The van der Waals surface area contributed by atoms with Crippen molar-refractivity contribution in [2.24, 2.45) is 0 Å². The number of carbonyl (C=O) groups excluding carboxylic acids is 1. The molecule has 1 heterocycles. The van der Waals surface area contributed by atoms with E-state index in [0.717, 1.165) is 18.6 Å². The Bertz CT molecular complexity index is 337. The smallest absolute Gasteiger partial charge is 0.292 e. The maximum absolute atomic E-state index is 8.95. The van der Waals surface area contributed by atoms with Crippen LogP contribution in [0, 0.1) is 0 Å². The molecule has 4 nitrogen and oxygen atoms in total. The maximum atomic E-state index is 8.95. The lowest BCUT2D eigenvalue weighted by Gasteiger charge is -1.84. The van der Waals surface area contributed by atoms with Crippen molar-refractivity contribution in [1.29, 1.82) is 0 Å². The fraction of sp³-hybridized carbons (Fsp3) is 0.412. The van der Waals surface area contributed by atoms with Gasteiger partial charge in [-0.25, -0.2) is 4.98 Å². The molecular formula is C17H29NO3. The van der Waals surface area contributed by atoms with Crippen LogP contribution in [0.25, 0.3) is 0 Å². The summed E-state index contributed by atoms with van der Waals surface area (Å²) >= 11 is 0. The van der Waals surface area contributed by atoms with Crippen molar-refractivity contribution in [3.8, 4) is 0 Å².